The average Bonchev–Trinajstić information content (AvgIpc) is 3.40. The van der Waals surface area contributed by atoms with Gasteiger partial charge in [0.15, 0.2) is 5.58 Å². The Balaban J connectivity index is 1.25. The monoisotopic (exact) mass is 525 g/mol. The first-order valence-corrected chi connectivity index (χ1v) is 12.9. The molecule has 4 heterocycles. The van der Waals surface area contributed by atoms with Crippen molar-refractivity contribution in [3.8, 4) is 11.1 Å². The van der Waals surface area contributed by atoms with Crippen molar-refractivity contribution in [3.05, 3.63) is 60.0 Å². The number of oxazole rings is 1. The fourth-order valence-electron chi connectivity index (χ4n) is 5.00. The van der Waals surface area contributed by atoms with E-state index in [4.69, 9.17) is 14.9 Å². The van der Waals surface area contributed by atoms with E-state index < -0.39 is 5.60 Å². The number of nitrogens with zero attached hydrogens (tertiary/aromatic N) is 5. The normalized spacial score (nSPS) is 14.1. The van der Waals surface area contributed by atoms with Crippen LogP contribution >= 0.6 is 0 Å². The van der Waals surface area contributed by atoms with E-state index in [-0.39, 0.29) is 12.1 Å². The van der Waals surface area contributed by atoms with Crippen molar-refractivity contribution in [2.24, 2.45) is 0 Å². The Morgan fingerprint density at radius 2 is 1.87 bits per heavy atom. The van der Waals surface area contributed by atoms with E-state index in [0.29, 0.717) is 24.9 Å². The third-order valence-electron chi connectivity index (χ3n) is 6.81. The summed E-state index contributed by atoms with van der Waals surface area (Å²) in [6.07, 6.45) is 3.21. The summed E-state index contributed by atoms with van der Waals surface area (Å²) >= 11 is 0. The molecule has 10 heteroatoms. The number of hydrogen-bond acceptors (Lipinski definition) is 8. The molecule has 39 heavy (non-hydrogen) atoms. The number of rotatable bonds is 4. The lowest BCUT2D eigenvalue weighted by Crippen LogP contribution is -2.52. The van der Waals surface area contributed by atoms with Gasteiger partial charge in [-0.05, 0) is 69.5 Å². The van der Waals surface area contributed by atoms with Crippen molar-refractivity contribution in [3.63, 3.8) is 0 Å². The van der Waals surface area contributed by atoms with Crippen LogP contribution in [-0.4, -0.2) is 49.2 Å². The van der Waals surface area contributed by atoms with Gasteiger partial charge in [0, 0.05) is 30.5 Å². The van der Waals surface area contributed by atoms with E-state index in [9.17, 15) is 4.79 Å². The predicted octanol–water partition coefficient (Wildman–Crippen LogP) is 5.97. The van der Waals surface area contributed by atoms with Crippen LogP contribution in [0.5, 0.6) is 0 Å². The molecule has 2 aromatic carbocycles. The summed E-state index contributed by atoms with van der Waals surface area (Å²) in [6, 6.07) is 12.6. The van der Waals surface area contributed by atoms with Crippen LogP contribution in [0.3, 0.4) is 0 Å². The van der Waals surface area contributed by atoms with E-state index in [2.05, 4.69) is 30.9 Å². The lowest BCUT2D eigenvalue weighted by atomic mass is 10.1. The number of anilines is 3. The Kier molecular flexibility index (Phi) is 5.71. The molecule has 0 atom stereocenters. The van der Waals surface area contributed by atoms with Gasteiger partial charge < -0.3 is 29.7 Å². The summed E-state index contributed by atoms with van der Waals surface area (Å²) in [7, 11) is 0. The standard InChI is InChI=1S/C29H31N7O3/c1-16-10-17(2)24-22(11-16)34-27(38-24)33-19-8-6-18(7-9-19)21-14-36(26-23(21)25(30)31-15-32-26)20-12-35(13-20)28(37)39-29(3,4)5/h6-11,14-15,20H,12-13H2,1-5H3,(H,33,34)(H2,30,31,32). The molecule has 1 aliphatic rings. The Hall–Kier alpha value is -4.60. The first-order chi connectivity index (χ1) is 18.6. The predicted molar refractivity (Wildman–Crippen MR) is 151 cm³/mol. The molecule has 0 spiro atoms. The Bertz CT molecular complexity index is 1710. The summed E-state index contributed by atoms with van der Waals surface area (Å²) in [4.78, 5) is 27.5. The van der Waals surface area contributed by atoms with Gasteiger partial charge in [0.1, 0.15) is 28.9 Å². The smallest absolute Gasteiger partial charge is 0.410 e. The van der Waals surface area contributed by atoms with Gasteiger partial charge in [-0.2, -0.15) is 4.98 Å². The zero-order chi connectivity index (χ0) is 27.5. The first-order valence-electron chi connectivity index (χ1n) is 12.9. The molecule has 10 nitrogen and oxygen atoms in total. The van der Waals surface area contributed by atoms with Gasteiger partial charge >= 0.3 is 6.09 Å². The summed E-state index contributed by atoms with van der Waals surface area (Å²) < 4.78 is 13.5. The maximum atomic E-state index is 12.4. The number of amides is 1. The number of aromatic nitrogens is 4. The third kappa shape index (κ3) is 4.62. The molecule has 200 valence electrons. The largest absolute Gasteiger partial charge is 0.444 e. The molecular formula is C29H31N7O3. The van der Waals surface area contributed by atoms with E-state index in [0.717, 1.165) is 50.1 Å². The van der Waals surface area contributed by atoms with Gasteiger partial charge in [-0.1, -0.05) is 18.2 Å². The summed E-state index contributed by atoms with van der Waals surface area (Å²) in [5, 5.41) is 4.05. The molecule has 3 aromatic heterocycles. The highest BCUT2D eigenvalue weighted by Crippen LogP contribution is 2.37. The number of benzene rings is 2. The first kappa shape index (κ1) is 24.7. The second-order valence-electron chi connectivity index (χ2n) is 11.1. The van der Waals surface area contributed by atoms with Crippen LogP contribution in [0, 0.1) is 13.8 Å². The number of fused-ring (bicyclic) bond motifs is 2. The molecule has 5 aromatic rings. The highest BCUT2D eigenvalue weighted by atomic mass is 16.6. The van der Waals surface area contributed by atoms with Crippen molar-refractivity contribution >= 4 is 45.7 Å². The molecule has 6 rings (SSSR count). The third-order valence-corrected chi connectivity index (χ3v) is 6.81. The number of likely N-dealkylation sites (tertiary alicyclic amines) is 1. The second-order valence-corrected chi connectivity index (χ2v) is 11.1. The van der Waals surface area contributed by atoms with Crippen LogP contribution in [0.4, 0.5) is 22.3 Å². The fourth-order valence-corrected chi connectivity index (χ4v) is 5.00. The summed E-state index contributed by atoms with van der Waals surface area (Å²) in [6.45, 7) is 10.7. The highest BCUT2D eigenvalue weighted by molar-refractivity contribution is 6.01. The SMILES string of the molecule is Cc1cc(C)c2oc(Nc3ccc(-c4cn(C5CN(C(=O)OC(C)(C)C)C5)c5ncnc(N)c45)cc3)nc2c1. The van der Waals surface area contributed by atoms with Crippen molar-refractivity contribution in [2.45, 2.75) is 46.3 Å². The van der Waals surface area contributed by atoms with Gasteiger partial charge in [-0.25, -0.2) is 14.8 Å². The number of carbonyl (C=O) groups excluding carboxylic acids is 1. The Labute approximate surface area is 225 Å². The highest BCUT2D eigenvalue weighted by Gasteiger charge is 2.36. The lowest BCUT2D eigenvalue weighted by molar-refractivity contribution is 0.00152. The number of aryl methyl sites for hydroxylation is 2. The zero-order valence-corrected chi connectivity index (χ0v) is 22.6. The molecule has 0 aliphatic carbocycles. The van der Waals surface area contributed by atoms with E-state index in [1.165, 1.54) is 6.33 Å². The number of nitrogens with two attached hydrogens (primary N) is 1. The number of nitrogens with one attached hydrogen (secondary N) is 1. The van der Waals surface area contributed by atoms with Crippen LogP contribution < -0.4 is 11.1 Å². The number of nitrogen functional groups attached to an aromatic ring is 1. The maximum Gasteiger partial charge on any atom is 0.410 e. The van der Waals surface area contributed by atoms with Crippen LogP contribution in [-0.2, 0) is 4.74 Å². The van der Waals surface area contributed by atoms with Gasteiger partial charge in [-0.15, -0.1) is 0 Å². The average molecular weight is 526 g/mol. The molecule has 1 amide bonds. The van der Waals surface area contributed by atoms with Crippen molar-refractivity contribution < 1.29 is 13.9 Å². The molecule has 0 saturated carbocycles. The van der Waals surface area contributed by atoms with E-state index in [1.54, 1.807) is 4.90 Å². The minimum Gasteiger partial charge on any atom is -0.444 e. The minimum absolute atomic E-state index is 0.0651. The molecular weight excluding hydrogens is 494 g/mol. The van der Waals surface area contributed by atoms with E-state index >= 15 is 0 Å². The van der Waals surface area contributed by atoms with Gasteiger partial charge in [0.05, 0.1) is 11.4 Å². The van der Waals surface area contributed by atoms with E-state index in [1.807, 2.05) is 71.1 Å². The van der Waals surface area contributed by atoms with Crippen molar-refractivity contribution in [2.75, 3.05) is 24.1 Å². The topological polar surface area (TPSA) is 124 Å². The zero-order valence-electron chi connectivity index (χ0n) is 22.6. The van der Waals surface area contributed by atoms with Crippen LogP contribution in [0.15, 0.2) is 53.3 Å². The molecule has 1 saturated heterocycles. The molecule has 0 bridgehead atoms. The lowest BCUT2D eigenvalue weighted by Gasteiger charge is -2.40. The molecule has 1 aliphatic heterocycles. The van der Waals surface area contributed by atoms with Gasteiger partial charge in [-0.3, -0.25) is 0 Å². The number of ether oxygens (including phenoxy) is 1. The van der Waals surface area contributed by atoms with Gasteiger partial charge in [0.2, 0.25) is 0 Å². The molecule has 3 N–H and O–H groups in total. The maximum absolute atomic E-state index is 12.4. The van der Waals surface area contributed by atoms with Gasteiger partial charge in [0.25, 0.3) is 6.01 Å². The van der Waals surface area contributed by atoms with Crippen molar-refractivity contribution in [1.82, 2.24) is 24.4 Å². The Morgan fingerprint density at radius 1 is 1.13 bits per heavy atom. The summed E-state index contributed by atoms with van der Waals surface area (Å²) in [5.74, 6) is 0.413. The number of carbonyl (C=O) groups is 1. The fraction of sp³-hybridized carbons (Fsp3) is 0.310. The molecule has 0 radical (unpaired) electrons. The van der Waals surface area contributed by atoms with Crippen LogP contribution in [0.25, 0.3) is 33.3 Å². The number of hydrogen-bond donors (Lipinski definition) is 2. The molecule has 1 fully saturated rings. The molecule has 0 unspecified atom stereocenters. The van der Waals surface area contributed by atoms with Crippen molar-refractivity contribution in [1.29, 1.82) is 0 Å². The van der Waals surface area contributed by atoms with Crippen LogP contribution in [0.2, 0.25) is 0 Å². The summed E-state index contributed by atoms with van der Waals surface area (Å²) in [5.41, 5.74) is 13.1. The second kappa shape index (κ2) is 9.00. The Morgan fingerprint density at radius 3 is 2.59 bits per heavy atom. The quantitative estimate of drug-likeness (QED) is 0.294. The van der Waals surface area contributed by atoms with Crippen LogP contribution in [0.1, 0.15) is 37.9 Å². The minimum atomic E-state index is -0.531.